The van der Waals surface area contributed by atoms with Gasteiger partial charge in [0.25, 0.3) is 0 Å². The Bertz CT molecular complexity index is 323. The highest BCUT2D eigenvalue weighted by molar-refractivity contribution is 5.90. The third-order valence-corrected chi connectivity index (χ3v) is 1.69. The molecule has 0 radical (unpaired) electrons. The second kappa shape index (κ2) is 3.91. The summed E-state index contributed by atoms with van der Waals surface area (Å²) in [6, 6.07) is 5.01. The van der Waals surface area contributed by atoms with Crippen LogP contribution in [0.15, 0.2) is 18.2 Å². The van der Waals surface area contributed by atoms with Crippen molar-refractivity contribution in [1.82, 2.24) is 0 Å². The van der Waals surface area contributed by atoms with Crippen LogP contribution in [0.25, 0.3) is 0 Å². The maximum Gasteiger partial charge on any atom is 0.336 e. The highest BCUT2D eigenvalue weighted by Crippen LogP contribution is 2.14. The lowest BCUT2D eigenvalue weighted by Gasteiger charge is -2.05. The maximum absolute atomic E-state index is 10.7. The molecule has 1 rings (SSSR count). The Morgan fingerprint density at radius 3 is 2.77 bits per heavy atom. The summed E-state index contributed by atoms with van der Waals surface area (Å²) in [5.41, 5.74) is 4.21. The Balaban J connectivity index is 3.04. The first kappa shape index (κ1) is 9.54. The van der Waals surface area contributed by atoms with Gasteiger partial charge in [0.05, 0.1) is 18.4 Å². The summed E-state index contributed by atoms with van der Waals surface area (Å²) in [5.74, 6) is -0.933. The molecule has 0 bridgehead atoms. The van der Waals surface area contributed by atoms with Gasteiger partial charge in [0.2, 0.25) is 0 Å². The largest absolute Gasteiger partial charge is 0.478 e. The average molecular weight is 181 g/mol. The molecule has 70 valence electrons. The number of rotatable bonds is 3. The molecule has 0 aromatic heterocycles. The predicted octanol–water partition coefficient (Wildman–Crippen LogP) is 1.67. The van der Waals surface area contributed by atoms with Crippen molar-refractivity contribution in [3.05, 3.63) is 29.3 Å². The number of hydrogen-bond acceptors (Lipinski definition) is 3. The fourth-order valence-electron chi connectivity index (χ4n) is 1.03. The smallest absolute Gasteiger partial charge is 0.336 e. The Kier molecular flexibility index (Phi) is 2.87. The van der Waals surface area contributed by atoms with Gasteiger partial charge in [0.1, 0.15) is 0 Å². The molecule has 2 N–H and O–H groups in total. The standard InChI is InChI=1S/C9H11NO3/c1-6-3-4-7(10-13-2)5-8(6)9(11)12/h3-5,10H,1-2H3,(H,11,12). The van der Waals surface area contributed by atoms with Gasteiger partial charge in [-0.3, -0.25) is 10.3 Å². The first-order chi connectivity index (χ1) is 6.15. The summed E-state index contributed by atoms with van der Waals surface area (Å²) < 4.78 is 0. The minimum absolute atomic E-state index is 0.280. The molecule has 13 heavy (non-hydrogen) atoms. The van der Waals surface area contributed by atoms with Crippen LogP contribution in [-0.2, 0) is 4.84 Å². The van der Waals surface area contributed by atoms with Crippen LogP contribution in [0.5, 0.6) is 0 Å². The third kappa shape index (κ3) is 2.19. The number of nitrogens with one attached hydrogen (secondary N) is 1. The van der Waals surface area contributed by atoms with E-state index in [0.29, 0.717) is 5.69 Å². The van der Waals surface area contributed by atoms with Crippen LogP contribution in [0, 0.1) is 6.92 Å². The lowest BCUT2D eigenvalue weighted by Crippen LogP contribution is -2.02. The van der Waals surface area contributed by atoms with E-state index in [1.807, 2.05) is 0 Å². The molecule has 0 saturated carbocycles. The van der Waals surface area contributed by atoms with Crippen molar-refractivity contribution < 1.29 is 14.7 Å². The first-order valence-electron chi connectivity index (χ1n) is 3.78. The van der Waals surface area contributed by atoms with E-state index in [2.05, 4.69) is 10.3 Å². The summed E-state index contributed by atoms with van der Waals surface area (Å²) >= 11 is 0. The van der Waals surface area contributed by atoms with Crippen LogP contribution in [0.2, 0.25) is 0 Å². The zero-order valence-corrected chi connectivity index (χ0v) is 7.50. The minimum atomic E-state index is -0.933. The van der Waals surface area contributed by atoms with E-state index in [1.165, 1.54) is 13.2 Å². The number of carboxylic acid groups (broad SMARTS) is 1. The Hall–Kier alpha value is -1.55. The summed E-state index contributed by atoms with van der Waals surface area (Å²) in [6.45, 7) is 1.75. The lowest BCUT2D eigenvalue weighted by atomic mass is 10.1. The van der Waals surface area contributed by atoms with Crippen molar-refractivity contribution in [3.63, 3.8) is 0 Å². The summed E-state index contributed by atoms with van der Waals surface area (Å²) in [7, 11) is 1.47. The van der Waals surface area contributed by atoms with Gasteiger partial charge >= 0.3 is 5.97 Å². The zero-order chi connectivity index (χ0) is 9.84. The minimum Gasteiger partial charge on any atom is -0.478 e. The number of carbonyl (C=O) groups is 1. The van der Waals surface area contributed by atoms with Gasteiger partial charge in [-0.25, -0.2) is 4.79 Å². The fraction of sp³-hybridized carbons (Fsp3) is 0.222. The molecule has 0 saturated heterocycles. The molecule has 0 unspecified atom stereocenters. The summed E-state index contributed by atoms with van der Waals surface area (Å²) in [4.78, 5) is 15.4. The van der Waals surface area contributed by atoms with Gasteiger partial charge in [0.15, 0.2) is 0 Å². The van der Waals surface area contributed by atoms with Gasteiger partial charge in [-0.2, -0.15) is 0 Å². The van der Waals surface area contributed by atoms with Crippen molar-refractivity contribution in [2.24, 2.45) is 0 Å². The lowest BCUT2D eigenvalue weighted by molar-refractivity contribution is 0.0696. The Morgan fingerprint density at radius 2 is 2.23 bits per heavy atom. The Morgan fingerprint density at radius 1 is 1.54 bits per heavy atom. The molecule has 0 aliphatic carbocycles. The molecule has 0 spiro atoms. The molecule has 1 aromatic rings. The molecule has 0 heterocycles. The van der Waals surface area contributed by atoms with Crippen LogP contribution in [0.4, 0.5) is 5.69 Å². The Labute approximate surface area is 76.1 Å². The average Bonchev–Trinajstić information content (AvgIpc) is 2.08. The van der Waals surface area contributed by atoms with Gasteiger partial charge < -0.3 is 5.11 Å². The molecule has 4 heteroatoms. The molecular formula is C9H11NO3. The van der Waals surface area contributed by atoms with Crippen molar-refractivity contribution in [2.45, 2.75) is 6.92 Å². The summed E-state index contributed by atoms with van der Waals surface area (Å²) in [6.07, 6.45) is 0. The van der Waals surface area contributed by atoms with Crippen LogP contribution in [0.1, 0.15) is 15.9 Å². The van der Waals surface area contributed by atoms with Crippen LogP contribution >= 0.6 is 0 Å². The number of anilines is 1. The highest BCUT2D eigenvalue weighted by atomic mass is 16.6. The van der Waals surface area contributed by atoms with E-state index in [-0.39, 0.29) is 5.56 Å². The monoisotopic (exact) mass is 181 g/mol. The molecule has 0 fully saturated rings. The molecule has 0 aliphatic heterocycles. The van der Waals surface area contributed by atoms with E-state index >= 15 is 0 Å². The van der Waals surface area contributed by atoms with Gasteiger partial charge in [0, 0.05) is 0 Å². The SMILES string of the molecule is CONc1ccc(C)c(C(=O)O)c1. The molecular weight excluding hydrogens is 170 g/mol. The van der Waals surface area contributed by atoms with Gasteiger partial charge in [-0.05, 0) is 24.6 Å². The highest BCUT2D eigenvalue weighted by Gasteiger charge is 2.06. The maximum atomic E-state index is 10.7. The molecule has 0 amide bonds. The molecule has 0 atom stereocenters. The topological polar surface area (TPSA) is 58.6 Å². The normalized spacial score (nSPS) is 9.69. The van der Waals surface area contributed by atoms with Crippen LogP contribution in [0.3, 0.4) is 0 Å². The van der Waals surface area contributed by atoms with E-state index in [4.69, 9.17) is 5.11 Å². The second-order valence-electron chi connectivity index (χ2n) is 2.64. The number of carboxylic acids is 1. The predicted molar refractivity (Wildman–Crippen MR) is 48.8 cm³/mol. The second-order valence-corrected chi connectivity index (χ2v) is 2.64. The molecule has 4 nitrogen and oxygen atoms in total. The van der Waals surface area contributed by atoms with Crippen molar-refractivity contribution in [2.75, 3.05) is 12.6 Å². The number of benzene rings is 1. The van der Waals surface area contributed by atoms with Crippen LogP contribution in [-0.4, -0.2) is 18.2 Å². The number of hydrogen-bond donors (Lipinski definition) is 2. The summed E-state index contributed by atoms with van der Waals surface area (Å²) in [5, 5.41) is 8.79. The van der Waals surface area contributed by atoms with Crippen molar-refractivity contribution >= 4 is 11.7 Å². The van der Waals surface area contributed by atoms with Gasteiger partial charge in [-0.1, -0.05) is 6.07 Å². The van der Waals surface area contributed by atoms with E-state index in [0.717, 1.165) is 5.56 Å². The van der Waals surface area contributed by atoms with E-state index in [1.54, 1.807) is 19.1 Å². The van der Waals surface area contributed by atoms with E-state index in [9.17, 15) is 4.79 Å². The third-order valence-electron chi connectivity index (χ3n) is 1.69. The van der Waals surface area contributed by atoms with Crippen molar-refractivity contribution in [1.29, 1.82) is 0 Å². The molecule has 1 aromatic carbocycles. The number of aromatic carboxylic acids is 1. The van der Waals surface area contributed by atoms with Gasteiger partial charge in [-0.15, -0.1) is 0 Å². The first-order valence-corrected chi connectivity index (χ1v) is 3.78. The van der Waals surface area contributed by atoms with Crippen LogP contribution < -0.4 is 5.48 Å². The molecule has 0 aliphatic rings. The zero-order valence-electron chi connectivity index (χ0n) is 7.50. The number of aryl methyl sites for hydroxylation is 1. The fourth-order valence-corrected chi connectivity index (χ4v) is 1.03. The quantitative estimate of drug-likeness (QED) is 0.696. The van der Waals surface area contributed by atoms with E-state index < -0.39 is 5.97 Å². The van der Waals surface area contributed by atoms with Crippen molar-refractivity contribution in [3.8, 4) is 0 Å².